The average Bonchev–Trinajstić information content (AvgIpc) is 2.61. The van der Waals surface area contributed by atoms with Gasteiger partial charge in [-0.05, 0) is 37.6 Å². The van der Waals surface area contributed by atoms with Gasteiger partial charge in [-0.15, -0.1) is 0 Å². The van der Waals surface area contributed by atoms with Crippen molar-refractivity contribution >= 4 is 23.7 Å². The monoisotopic (exact) mass is 330 g/mol. The second-order valence-electron chi connectivity index (χ2n) is 5.36. The highest BCUT2D eigenvalue weighted by Crippen LogP contribution is 2.16. The van der Waals surface area contributed by atoms with Crippen LogP contribution in [-0.4, -0.2) is 42.4 Å². The highest BCUT2D eigenvalue weighted by atomic mass is 16.5. The van der Waals surface area contributed by atoms with Crippen LogP contribution in [-0.2, 0) is 14.3 Å². The summed E-state index contributed by atoms with van der Waals surface area (Å²) in [6.07, 6.45) is 4.66. The number of hydrogen-bond acceptors (Lipinski definition) is 5. The quantitative estimate of drug-likeness (QED) is 0.752. The van der Waals surface area contributed by atoms with E-state index in [1.165, 1.54) is 5.01 Å². The van der Waals surface area contributed by atoms with Crippen molar-refractivity contribution in [3.63, 3.8) is 0 Å². The summed E-state index contributed by atoms with van der Waals surface area (Å²) >= 11 is 0. The van der Waals surface area contributed by atoms with E-state index in [0.29, 0.717) is 12.8 Å². The first-order valence-electron chi connectivity index (χ1n) is 7.93. The van der Waals surface area contributed by atoms with Gasteiger partial charge in [0.05, 0.1) is 19.4 Å². The zero-order valence-electron chi connectivity index (χ0n) is 14.2. The molecule has 0 unspecified atom stereocenters. The minimum absolute atomic E-state index is 0.169. The highest BCUT2D eigenvalue weighted by molar-refractivity contribution is 6.02. The Morgan fingerprint density at radius 2 is 2.00 bits per heavy atom. The van der Waals surface area contributed by atoms with E-state index < -0.39 is 12.0 Å². The number of allylic oxidation sites excluding steroid dienone is 1. The van der Waals surface area contributed by atoms with E-state index in [9.17, 15) is 9.59 Å². The number of nitrogens with zero attached hydrogens (tertiary/aromatic N) is 2. The van der Waals surface area contributed by atoms with E-state index in [1.807, 2.05) is 36.4 Å². The van der Waals surface area contributed by atoms with Crippen LogP contribution in [0.25, 0.3) is 6.08 Å². The Bertz CT molecular complexity index is 649. The van der Waals surface area contributed by atoms with Gasteiger partial charge in [-0.2, -0.15) is 5.10 Å². The molecule has 1 aromatic rings. The average molecular weight is 330 g/mol. The van der Waals surface area contributed by atoms with Gasteiger partial charge in [-0.1, -0.05) is 18.2 Å². The molecule has 6 heteroatoms. The number of amides is 1. The molecule has 1 atom stereocenters. The molecular formula is C18H22N2O4. The van der Waals surface area contributed by atoms with Crippen molar-refractivity contribution in [2.75, 3.05) is 13.7 Å². The largest absolute Gasteiger partial charge is 0.497 e. The number of rotatable bonds is 6. The number of ether oxygens (including phenoxy) is 2. The van der Waals surface area contributed by atoms with Gasteiger partial charge in [0.2, 0.25) is 5.91 Å². The Kier molecular flexibility index (Phi) is 6.12. The van der Waals surface area contributed by atoms with Gasteiger partial charge in [0.25, 0.3) is 0 Å². The van der Waals surface area contributed by atoms with E-state index in [1.54, 1.807) is 21.0 Å². The summed E-state index contributed by atoms with van der Waals surface area (Å²) in [6, 6.07) is 6.90. The molecule has 0 bridgehead atoms. The molecule has 0 aliphatic carbocycles. The molecule has 0 fully saturated rings. The van der Waals surface area contributed by atoms with E-state index in [0.717, 1.165) is 17.0 Å². The number of hydrazone groups is 1. The minimum Gasteiger partial charge on any atom is -0.497 e. The van der Waals surface area contributed by atoms with Crippen molar-refractivity contribution in [2.24, 2.45) is 5.10 Å². The highest BCUT2D eigenvalue weighted by Gasteiger charge is 2.29. The second kappa shape index (κ2) is 8.29. The zero-order chi connectivity index (χ0) is 17.5. The Morgan fingerprint density at radius 3 is 2.62 bits per heavy atom. The first kappa shape index (κ1) is 17.7. The van der Waals surface area contributed by atoms with Gasteiger partial charge >= 0.3 is 5.97 Å². The molecule has 0 spiro atoms. The number of benzene rings is 1. The maximum absolute atomic E-state index is 12.0. The lowest BCUT2D eigenvalue weighted by Gasteiger charge is -2.26. The first-order valence-corrected chi connectivity index (χ1v) is 7.93. The summed E-state index contributed by atoms with van der Waals surface area (Å²) in [5.41, 5.74) is 1.75. The Morgan fingerprint density at radius 1 is 1.29 bits per heavy atom. The van der Waals surface area contributed by atoms with Crippen LogP contribution in [0.2, 0.25) is 0 Å². The second-order valence-corrected chi connectivity index (χ2v) is 5.36. The summed E-state index contributed by atoms with van der Waals surface area (Å²) in [5, 5.41) is 5.52. The molecule has 0 radical (unpaired) electrons. The molecule has 1 aliphatic rings. The molecule has 2 rings (SSSR count). The normalized spacial score (nSPS) is 16.0. The van der Waals surface area contributed by atoms with E-state index >= 15 is 0 Å². The molecule has 1 amide bonds. The predicted molar refractivity (Wildman–Crippen MR) is 91.6 cm³/mol. The Balaban J connectivity index is 2.11. The summed E-state index contributed by atoms with van der Waals surface area (Å²) in [7, 11) is 1.62. The van der Waals surface area contributed by atoms with Crippen LogP contribution in [0, 0.1) is 0 Å². The fourth-order valence-corrected chi connectivity index (χ4v) is 2.28. The fraction of sp³-hybridized carbons (Fsp3) is 0.389. The van der Waals surface area contributed by atoms with Crippen molar-refractivity contribution in [1.82, 2.24) is 5.01 Å². The maximum atomic E-state index is 12.0. The Labute approximate surface area is 141 Å². The molecular weight excluding hydrogens is 308 g/mol. The van der Waals surface area contributed by atoms with Crippen LogP contribution >= 0.6 is 0 Å². The zero-order valence-corrected chi connectivity index (χ0v) is 14.2. The van der Waals surface area contributed by atoms with E-state index in [-0.39, 0.29) is 12.5 Å². The van der Waals surface area contributed by atoms with Crippen molar-refractivity contribution in [1.29, 1.82) is 0 Å². The summed E-state index contributed by atoms with van der Waals surface area (Å²) in [4.78, 5) is 23.8. The van der Waals surface area contributed by atoms with Crippen LogP contribution in [0.3, 0.4) is 0 Å². The first-order chi connectivity index (χ1) is 11.5. The summed E-state index contributed by atoms with van der Waals surface area (Å²) in [6.45, 7) is 3.63. The topological polar surface area (TPSA) is 68.2 Å². The van der Waals surface area contributed by atoms with E-state index in [4.69, 9.17) is 9.47 Å². The van der Waals surface area contributed by atoms with Crippen LogP contribution in [0.5, 0.6) is 5.75 Å². The van der Waals surface area contributed by atoms with Gasteiger partial charge in [0.15, 0.2) is 0 Å². The predicted octanol–water partition coefficient (Wildman–Crippen LogP) is 2.64. The lowest BCUT2D eigenvalue weighted by molar-refractivity contribution is -0.154. The van der Waals surface area contributed by atoms with E-state index in [2.05, 4.69) is 5.10 Å². The lowest BCUT2D eigenvalue weighted by Crippen LogP contribution is -2.43. The molecule has 1 aliphatic heterocycles. The molecule has 1 heterocycles. The maximum Gasteiger partial charge on any atom is 0.330 e. The Hall–Kier alpha value is -2.63. The third-order valence-electron chi connectivity index (χ3n) is 3.67. The molecule has 0 aromatic heterocycles. The smallest absolute Gasteiger partial charge is 0.330 e. The summed E-state index contributed by atoms with van der Waals surface area (Å²) in [5.74, 6) is 0.175. The molecule has 1 aromatic carbocycles. The standard InChI is InChI=1S/C18H22N2O4/c1-4-24-18(22)13(2)20-17(21)12-9-15(19-20)8-5-14-6-10-16(23-3)11-7-14/h5-8,10-11,13H,4,9,12H2,1-3H3/b8-5+/t13-/m0/s1. The van der Waals surface area contributed by atoms with Crippen molar-refractivity contribution in [3.8, 4) is 5.75 Å². The van der Waals surface area contributed by atoms with Gasteiger partial charge < -0.3 is 9.47 Å². The van der Waals surface area contributed by atoms with Crippen molar-refractivity contribution in [2.45, 2.75) is 32.7 Å². The van der Waals surface area contributed by atoms with Gasteiger partial charge in [-0.25, -0.2) is 9.80 Å². The van der Waals surface area contributed by atoms with Gasteiger partial charge in [-0.3, -0.25) is 4.79 Å². The number of carbonyl (C=O) groups is 2. The third-order valence-corrected chi connectivity index (χ3v) is 3.67. The molecule has 6 nitrogen and oxygen atoms in total. The molecule has 24 heavy (non-hydrogen) atoms. The van der Waals surface area contributed by atoms with Crippen LogP contribution in [0.1, 0.15) is 32.3 Å². The SMILES string of the molecule is CCOC(=O)[C@H](C)N1N=C(/C=C/c2ccc(OC)cc2)CCC1=O. The minimum atomic E-state index is -0.720. The molecule has 128 valence electrons. The number of hydrogen-bond donors (Lipinski definition) is 0. The molecule has 0 saturated heterocycles. The molecule has 0 N–H and O–H groups in total. The molecule has 0 saturated carbocycles. The van der Waals surface area contributed by atoms with Crippen LogP contribution in [0.4, 0.5) is 0 Å². The lowest BCUT2D eigenvalue weighted by atomic mass is 10.1. The van der Waals surface area contributed by atoms with Crippen molar-refractivity contribution in [3.05, 3.63) is 35.9 Å². The van der Waals surface area contributed by atoms with Crippen LogP contribution in [0.15, 0.2) is 35.4 Å². The number of esters is 1. The van der Waals surface area contributed by atoms with Gasteiger partial charge in [0, 0.05) is 12.8 Å². The number of methoxy groups -OCH3 is 1. The van der Waals surface area contributed by atoms with Gasteiger partial charge in [0.1, 0.15) is 11.8 Å². The fourth-order valence-electron chi connectivity index (χ4n) is 2.28. The van der Waals surface area contributed by atoms with Crippen LogP contribution < -0.4 is 4.74 Å². The van der Waals surface area contributed by atoms with Crippen molar-refractivity contribution < 1.29 is 19.1 Å². The number of carbonyl (C=O) groups excluding carboxylic acids is 2. The summed E-state index contributed by atoms with van der Waals surface area (Å²) < 4.78 is 10.1. The third kappa shape index (κ3) is 4.44.